The highest BCUT2D eigenvalue weighted by Crippen LogP contribution is 2.16. The van der Waals surface area contributed by atoms with Crippen molar-refractivity contribution >= 4 is 17.2 Å². The lowest BCUT2D eigenvalue weighted by molar-refractivity contribution is 0.0322. The van der Waals surface area contributed by atoms with Crippen LogP contribution in [0.3, 0.4) is 0 Å². The van der Waals surface area contributed by atoms with Crippen molar-refractivity contribution in [1.82, 2.24) is 10.2 Å². The second-order valence-electron chi connectivity index (χ2n) is 6.04. The predicted octanol–water partition coefficient (Wildman–Crippen LogP) is 2.70. The maximum Gasteiger partial charge on any atom is 0.261 e. The largest absolute Gasteiger partial charge is 0.492 e. The summed E-state index contributed by atoms with van der Waals surface area (Å²) < 4.78 is 11.2. The highest BCUT2D eigenvalue weighted by molar-refractivity contribution is 7.13. The third kappa shape index (κ3) is 5.56. The average molecular weight is 360 g/mol. The first kappa shape index (κ1) is 17.9. The van der Waals surface area contributed by atoms with Gasteiger partial charge in [-0.25, -0.2) is 0 Å². The quantitative estimate of drug-likeness (QED) is 0.825. The molecule has 3 rings (SSSR count). The van der Waals surface area contributed by atoms with Crippen molar-refractivity contribution < 1.29 is 14.3 Å². The minimum Gasteiger partial charge on any atom is -0.492 e. The Balaban J connectivity index is 1.45. The molecule has 0 unspecified atom stereocenters. The Hall–Kier alpha value is -1.89. The van der Waals surface area contributed by atoms with Crippen LogP contribution in [0.5, 0.6) is 5.75 Å². The Morgan fingerprint density at radius 2 is 2.12 bits per heavy atom. The molecule has 1 fully saturated rings. The number of hydrogen-bond acceptors (Lipinski definition) is 5. The molecule has 0 bridgehead atoms. The first-order chi connectivity index (χ1) is 12.2. The number of morpholine rings is 1. The molecule has 25 heavy (non-hydrogen) atoms. The SMILES string of the molecule is Cc1ccc(C(=O)NCc2cccc(OCCN3CCOCC3)c2)s1. The van der Waals surface area contributed by atoms with E-state index in [4.69, 9.17) is 9.47 Å². The summed E-state index contributed by atoms with van der Waals surface area (Å²) in [6.07, 6.45) is 0. The molecule has 1 N–H and O–H groups in total. The summed E-state index contributed by atoms with van der Waals surface area (Å²) in [5.74, 6) is 0.809. The highest BCUT2D eigenvalue weighted by Gasteiger charge is 2.10. The second-order valence-corrected chi connectivity index (χ2v) is 7.33. The van der Waals surface area contributed by atoms with E-state index in [9.17, 15) is 4.79 Å². The highest BCUT2D eigenvalue weighted by atomic mass is 32.1. The predicted molar refractivity (Wildman–Crippen MR) is 99.4 cm³/mol. The fraction of sp³-hybridized carbons (Fsp3) is 0.421. The van der Waals surface area contributed by atoms with Crippen molar-refractivity contribution in [3.8, 4) is 5.75 Å². The molecule has 1 saturated heterocycles. The zero-order valence-electron chi connectivity index (χ0n) is 14.5. The van der Waals surface area contributed by atoms with E-state index in [-0.39, 0.29) is 5.91 Å². The monoisotopic (exact) mass is 360 g/mol. The normalized spacial score (nSPS) is 15.1. The Labute approximate surface area is 152 Å². The van der Waals surface area contributed by atoms with Crippen molar-refractivity contribution in [3.63, 3.8) is 0 Å². The molecule has 2 heterocycles. The molecular formula is C19H24N2O3S. The summed E-state index contributed by atoms with van der Waals surface area (Å²) >= 11 is 1.51. The summed E-state index contributed by atoms with van der Waals surface area (Å²) in [6, 6.07) is 11.7. The summed E-state index contributed by atoms with van der Waals surface area (Å²) in [4.78, 5) is 16.3. The fourth-order valence-corrected chi connectivity index (χ4v) is 3.47. The topological polar surface area (TPSA) is 50.8 Å². The van der Waals surface area contributed by atoms with Crippen LogP contribution in [0.4, 0.5) is 0 Å². The number of amides is 1. The van der Waals surface area contributed by atoms with E-state index >= 15 is 0 Å². The van der Waals surface area contributed by atoms with Crippen LogP contribution in [0.1, 0.15) is 20.1 Å². The number of aryl methyl sites for hydroxylation is 1. The first-order valence-electron chi connectivity index (χ1n) is 8.57. The van der Waals surface area contributed by atoms with Crippen LogP contribution in [0.25, 0.3) is 0 Å². The van der Waals surface area contributed by atoms with Gasteiger partial charge in [-0.2, -0.15) is 0 Å². The number of carbonyl (C=O) groups is 1. The van der Waals surface area contributed by atoms with Crippen molar-refractivity contribution in [1.29, 1.82) is 0 Å². The van der Waals surface area contributed by atoms with Crippen molar-refractivity contribution in [2.24, 2.45) is 0 Å². The molecule has 0 atom stereocenters. The van der Waals surface area contributed by atoms with Crippen LogP contribution in [0.2, 0.25) is 0 Å². The van der Waals surface area contributed by atoms with E-state index in [0.717, 1.165) is 53.9 Å². The van der Waals surface area contributed by atoms with Crippen molar-refractivity contribution in [3.05, 3.63) is 51.7 Å². The maximum absolute atomic E-state index is 12.1. The van der Waals surface area contributed by atoms with E-state index in [1.54, 1.807) is 0 Å². The number of ether oxygens (including phenoxy) is 2. The molecule has 0 radical (unpaired) electrons. The summed E-state index contributed by atoms with van der Waals surface area (Å²) in [5, 5.41) is 2.96. The minimum atomic E-state index is -0.0308. The molecule has 5 nitrogen and oxygen atoms in total. The Morgan fingerprint density at radius 3 is 2.88 bits per heavy atom. The number of benzene rings is 1. The molecule has 1 aliphatic rings. The van der Waals surface area contributed by atoms with Gasteiger partial charge in [-0.05, 0) is 36.8 Å². The number of nitrogens with zero attached hydrogens (tertiary/aromatic N) is 1. The van der Waals surface area contributed by atoms with Gasteiger partial charge in [-0.1, -0.05) is 12.1 Å². The number of carbonyl (C=O) groups excluding carboxylic acids is 1. The lowest BCUT2D eigenvalue weighted by Gasteiger charge is -2.26. The Bertz CT molecular complexity index is 695. The molecule has 6 heteroatoms. The summed E-state index contributed by atoms with van der Waals surface area (Å²) in [5.41, 5.74) is 1.03. The van der Waals surface area contributed by atoms with E-state index in [2.05, 4.69) is 10.2 Å². The molecular weight excluding hydrogens is 336 g/mol. The van der Waals surface area contributed by atoms with E-state index in [1.165, 1.54) is 11.3 Å². The van der Waals surface area contributed by atoms with Gasteiger partial charge in [-0.3, -0.25) is 9.69 Å². The van der Waals surface area contributed by atoms with Gasteiger partial charge in [0.2, 0.25) is 0 Å². The van der Waals surface area contributed by atoms with Gasteiger partial charge in [0, 0.05) is 31.1 Å². The van der Waals surface area contributed by atoms with Gasteiger partial charge in [0.25, 0.3) is 5.91 Å². The fourth-order valence-electron chi connectivity index (χ4n) is 2.69. The second kappa shape index (κ2) is 8.99. The van der Waals surface area contributed by atoms with Crippen LogP contribution >= 0.6 is 11.3 Å². The third-order valence-corrected chi connectivity index (χ3v) is 5.10. The molecule has 2 aromatic rings. The minimum absolute atomic E-state index is 0.0308. The lowest BCUT2D eigenvalue weighted by atomic mass is 10.2. The molecule has 1 amide bonds. The molecule has 1 aliphatic heterocycles. The van der Waals surface area contributed by atoms with Crippen LogP contribution < -0.4 is 10.1 Å². The van der Waals surface area contributed by atoms with Crippen LogP contribution in [0.15, 0.2) is 36.4 Å². The van der Waals surface area contributed by atoms with Crippen LogP contribution in [-0.4, -0.2) is 50.3 Å². The lowest BCUT2D eigenvalue weighted by Crippen LogP contribution is -2.38. The Kier molecular flexibility index (Phi) is 6.44. The van der Waals surface area contributed by atoms with Gasteiger partial charge < -0.3 is 14.8 Å². The zero-order valence-corrected chi connectivity index (χ0v) is 15.3. The molecule has 134 valence electrons. The number of nitrogens with one attached hydrogen (secondary N) is 1. The smallest absolute Gasteiger partial charge is 0.261 e. The third-order valence-electron chi connectivity index (χ3n) is 4.10. The molecule has 0 aliphatic carbocycles. The molecule has 1 aromatic heterocycles. The Morgan fingerprint density at radius 1 is 1.28 bits per heavy atom. The van der Waals surface area contributed by atoms with Gasteiger partial charge in [0.1, 0.15) is 12.4 Å². The molecule has 0 saturated carbocycles. The van der Waals surface area contributed by atoms with E-state index in [0.29, 0.717) is 13.2 Å². The standard InChI is InChI=1S/C19H24N2O3S/c1-15-5-6-18(25-15)19(22)20-14-16-3-2-4-17(13-16)24-12-9-21-7-10-23-11-8-21/h2-6,13H,7-12,14H2,1H3,(H,20,22). The summed E-state index contributed by atoms with van der Waals surface area (Å²) in [7, 11) is 0. The van der Waals surface area contributed by atoms with Gasteiger partial charge >= 0.3 is 0 Å². The van der Waals surface area contributed by atoms with Gasteiger partial charge in [-0.15, -0.1) is 11.3 Å². The van der Waals surface area contributed by atoms with Gasteiger partial charge in [0.05, 0.1) is 18.1 Å². The zero-order chi connectivity index (χ0) is 17.5. The van der Waals surface area contributed by atoms with Gasteiger partial charge in [0.15, 0.2) is 0 Å². The molecule has 1 aromatic carbocycles. The number of rotatable bonds is 7. The van der Waals surface area contributed by atoms with Crippen molar-refractivity contribution in [2.75, 3.05) is 39.5 Å². The maximum atomic E-state index is 12.1. The van der Waals surface area contributed by atoms with Crippen LogP contribution in [0, 0.1) is 6.92 Å². The first-order valence-corrected chi connectivity index (χ1v) is 9.39. The van der Waals surface area contributed by atoms with Crippen LogP contribution in [-0.2, 0) is 11.3 Å². The summed E-state index contributed by atoms with van der Waals surface area (Å²) in [6.45, 7) is 7.61. The average Bonchev–Trinajstić information content (AvgIpc) is 3.07. The van der Waals surface area contributed by atoms with E-state index in [1.807, 2.05) is 43.3 Å². The number of thiophene rings is 1. The van der Waals surface area contributed by atoms with Crippen molar-refractivity contribution in [2.45, 2.75) is 13.5 Å². The number of hydrogen-bond donors (Lipinski definition) is 1. The molecule has 0 spiro atoms. The van der Waals surface area contributed by atoms with E-state index < -0.39 is 0 Å².